The Hall–Kier alpha value is -2.01. The summed E-state index contributed by atoms with van der Waals surface area (Å²) in [6, 6.07) is 11.4. The highest BCUT2D eigenvalue weighted by Crippen LogP contribution is 2.18. The average Bonchev–Trinajstić information content (AvgIpc) is 2.36. The van der Waals surface area contributed by atoms with Crippen molar-refractivity contribution in [1.82, 2.24) is 0 Å². The maximum Gasteiger partial charge on any atom is 0.338 e. The Morgan fingerprint density at radius 3 is 2.53 bits per heavy atom. The van der Waals surface area contributed by atoms with Gasteiger partial charge in [-0.2, -0.15) is 0 Å². The number of carbonyl (C=O) groups excluding carboxylic acids is 1. The molecule has 2 aromatic rings. The van der Waals surface area contributed by atoms with E-state index < -0.39 is 5.97 Å². The van der Waals surface area contributed by atoms with E-state index in [1.165, 1.54) is 0 Å². The van der Waals surface area contributed by atoms with Crippen molar-refractivity contribution in [2.24, 2.45) is 0 Å². The van der Waals surface area contributed by atoms with Gasteiger partial charge in [-0.05, 0) is 35.9 Å². The van der Waals surface area contributed by atoms with Crippen LogP contribution in [0.4, 0.5) is 5.69 Å². The van der Waals surface area contributed by atoms with Gasteiger partial charge in [0, 0.05) is 10.2 Å². The number of halogens is 1. The Kier molecular flexibility index (Phi) is 4.06. The van der Waals surface area contributed by atoms with Gasteiger partial charge in [-0.3, -0.25) is 0 Å². The molecule has 0 aromatic heterocycles. The van der Waals surface area contributed by atoms with E-state index in [-0.39, 0.29) is 12.4 Å². The van der Waals surface area contributed by atoms with Gasteiger partial charge in [0.25, 0.3) is 0 Å². The van der Waals surface area contributed by atoms with Crippen LogP contribution in [0.3, 0.4) is 0 Å². The summed E-state index contributed by atoms with van der Waals surface area (Å²) in [5.41, 5.74) is 7.34. The largest absolute Gasteiger partial charge is 0.508 e. The van der Waals surface area contributed by atoms with Crippen molar-refractivity contribution in [3.63, 3.8) is 0 Å². The molecule has 0 amide bonds. The van der Waals surface area contributed by atoms with Crippen LogP contribution >= 0.6 is 15.9 Å². The van der Waals surface area contributed by atoms with Crippen molar-refractivity contribution < 1.29 is 14.6 Å². The van der Waals surface area contributed by atoms with E-state index in [1.54, 1.807) is 42.5 Å². The summed E-state index contributed by atoms with van der Waals surface area (Å²) < 4.78 is 5.89. The van der Waals surface area contributed by atoms with Crippen LogP contribution in [0, 0.1) is 0 Å². The molecule has 0 fully saturated rings. The molecule has 0 aliphatic rings. The maximum absolute atomic E-state index is 11.8. The molecule has 0 radical (unpaired) electrons. The van der Waals surface area contributed by atoms with Crippen LogP contribution in [-0.2, 0) is 11.3 Å². The van der Waals surface area contributed by atoms with Crippen LogP contribution in [-0.4, -0.2) is 11.1 Å². The van der Waals surface area contributed by atoms with Gasteiger partial charge in [0.15, 0.2) is 0 Å². The topological polar surface area (TPSA) is 72.6 Å². The highest BCUT2D eigenvalue weighted by atomic mass is 79.9. The molecule has 2 aromatic carbocycles. The van der Waals surface area contributed by atoms with Gasteiger partial charge in [-0.25, -0.2) is 4.79 Å². The third-order valence-electron chi connectivity index (χ3n) is 2.46. The molecule has 0 bridgehead atoms. The van der Waals surface area contributed by atoms with Gasteiger partial charge >= 0.3 is 5.97 Å². The second-order valence-corrected chi connectivity index (χ2v) is 4.93. The van der Waals surface area contributed by atoms with Gasteiger partial charge < -0.3 is 15.6 Å². The molecule has 0 aliphatic carbocycles. The molecule has 2 rings (SSSR count). The van der Waals surface area contributed by atoms with Gasteiger partial charge in [-0.1, -0.05) is 28.1 Å². The summed E-state index contributed by atoms with van der Waals surface area (Å²) >= 11 is 3.27. The summed E-state index contributed by atoms with van der Waals surface area (Å²) in [5.74, 6) is -0.268. The molecule has 0 unspecified atom stereocenters. The van der Waals surface area contributed by atoms with Crippen molar-refractivity contribution in [2.75, 3.05) is 5.73 Å². The molecule has 3 N–H and O–H groups in total. The molecular weight excluding hydrogens is 310 g/mol. The van der Waals surface area contributed by atoms with E-state index in [4.69, 9.17) is 15.6 Å². The number of hydrogen-bond acceptors (Lipinski definition) is 4. The zero-order valence-corrected chi connectivity index (χ0v) is 11.6. The van der Waals surface area contributed by atoms with Crippen molar-refractivity contribution in [3.8, 4) is 5.75 Å². The summed E-state index contributed by atoms with van der Waals surface area (Å²) in [6.45, 7) is 0.144. The molecule has 0 saturated heterocycles. The summed E-state index contributed by atoms with van der Waals surface area (Å²) in [7, 11) is 0. The maximum atomic E-state index is 11.8. The number of esters is 1. The lowest BCUT2D eigenvalue weighted by Crippen LogP contribution is -2.06. The van der Waals surface area contributed by atoms with E-state index in [1.807, 2.05) is 0 Å². The monoisotopic (exact) mass is 321 g/mol. The number of phenolic OH excluding ortho intramolecular Hbond substituents is 1. The number of carbonyl (C=O) groups is 1. The first-order valence-corrected chi connectivity index (χ1v) is 6.35. The molecule has 0 spiro atoms. The number of hydrogen-bond donors (Lipinski definition) is 2. The molecule has 19 heavy (non-hydrogen) atoms. The molecule has 0 aliphatic heterocycles. The lowest BCUT2D eigenvalue weighted by atomic mass is 10.2. The van der Waals surface area contributed by atoms with Crippen molar-refractivity contribution >= 4 is 27.6 Å². The van der Waals surface area contributed by atoms with Crippen molar-refractivity contribution in [3.05, 3.63) is 58.1 Å². The van der Waals surface area contributed by atoms with Crippen molar-refractivity contribution in [2.45, 2.75) is 6.61 Å². The van der Waals surface area contributed by atoms with E-state index in [9.17, 15) is 4.79 Å². The molecule has 98 valence electrons. The highest BCUT2D eigenvalue weighted by molar-refractivity contribution is 9.10. The number of ether oxygens (including phenoxy) is 1. The number of nitrogens with two attached hydrogens (primary N) is 1. The van der Waals surface area contributed by atoms with Crippen LogP contribution < -0.4 is 5.73 Å². The zero-order valence-electron chi connectivity index (χ0n) is 9.97. The minimum absolute atomic E-state index is 0.144. The molecule has 0 heterocycles. The number of phenols is 1. The fourth-order valence-electron chi connectivity index (χ4n) is 1.55. The first-order chi connectivity index (χ1) is 9.04. The first kappa shape index (κ1) is 13.4. The second-order valence-electron chi connectivity index (χ2n) is 4.02. The second kappa shape index (κ2) is 5.75. The average molecular weight is 322 g/mol. The Bertz CT molecular complexity index is 576. The fraction of sp³-hybridized carbons (Fsp3) is 0.0714. The van der Waals surface area contributed by atoms with Crippen LogP contribution in [0.15, 0.2) is 46.9 Å². The molecule has 4 nitrogen and oxygen atoms in total. The van der Waals surface area contributed by atoms with Crippen molar-refractivity contribution in [1.29, 1.82) is 0 Å². The van der Waals surface area contributed by atoms with Gasteiger partial charge in [0.2, 0.25) is 0 Å². The summed E-state index contributed by atoms with van der Waals surface area (Å²) in [5, 5.41) is 9.15. The minimum atomic E-state index is -0.443. The molecule has 5 heteroatoms. The van der Waals surface area contributed by atoms with Gasteiger partial charge in [-0.15, -0.1) is 0 Å². The first-order valence-electron chi connectivity index (χ1n) is 5.56. The van der Waals surface area contributed by atoms with Crippen LogP contribution in [0.2, 0.25) is 0 Å². The Morgan fingerprint density at radius 2 is 1.89 bits per heavy atom. The normalized spacial score (nSPS) is 10.2. The molecule has 0 atom stereocenters. The zero-order chi connectivity index (χ0) is 13.8. The number of rotatable bonds is 3. The minimum Gasteiger partial charge on any atom is -0.508 e. The van der Waals surface area contributed by atoms with Gasteiger partial charge in [0.1, 0.15) is 12.4 Å². The number of benzene rings is 2. The molecule has 0 saturated carbocycles. The van der Waals surface area contributed by atoms with E-state index in [0.29, 0.717) is 11.3 Å². The number of nitrogen functional groups attached to an aromatic ring is 1. The Morgan fingerprint density at radius 1 is 1.21 bits per heavy atom. The Labute approximate surface area is 118 Å². The molecular formula is C14H12BrNO3. The predicted octanol–water partition coefficient (Wildman–Crippen LogP) is 3.09. The van der Waals surface area contributed by atoms with E-state index in [0.717, 1.165) is 10.0 Å². The lowest BCUT2D eigenvalue weighted by molar-refractivity contribution is 0.0472. The fourth-order valence-corrected chi connectivity index (χ4v) is 2.07. The summed E-state index contributed by atoms with van der Waals surface area (Å²) in [6.07, 6.45) is 0. The van der Waals surface area contributed by atoms with Crippen LogP contribution in [0.1, 0.15) is 15.9 Å². The predicted molar refractivity (Wildman–Crippen MR) is 75.8 cm³/mol. The Balaban J connectivity index is 2.03. The van der Waals surface area contributed by atoms with Crippen LogP contribution in [0.25, 0.3) is 0 Å². The van der Waals surface area contributed by atoms with Crippen LogP contribution in [0.5, 0.6) is 5.75 Å². The smallest absolute Gasteiger partial charge is 0.338 e. The lowest BCUT2D eigenvalue weighted by Gasteiger charge is -2.06. The number of aromatic hydroxyl groups is 1. The quantitative estimate of drug-likeness (QED) is 0.673. The van der Waals surface area contributed by atoms with E-state index in [2.05, 4.69) is 15.9 Å². The third kappa shape index (κ3) is 3.72. The SMILES string of the molecule is Nc1cc(Br)cc(C(=O)OCc2ccc(O)cc2)c1. The van der Waals surface area contributed by atoms with Gasteiger partial charge in [0.05, 0.1) is 5.56 Å². The number of anilines is 1. The highest BCUT2D eigenvalue weighted by Gasteiger charge is 2.09. The standard InChI is InChI=1S/C14H12BrNO3/c15-11-5-10(6-12(16)7-11)14(18)19-8-9-1-3-13(17)4-2-9/h1-7,17H,8,16H2. The third-order valence-corrected chi connectivity index (χ3v) is 2.92. The summed E-state index contributed by atoms with van der Waals surface area (Å²) in [4.78, 5) is 11.8. The van der Waals surface area contributed by atoms with E-state index >= 15 is 0 Å².